The maximum absolute atomic E-state index is 6.02. The summed E-state index contributed by atoms with van der Waals surface area (Å²) in [5.41, 5.74) is 4.22. The molecule has 0 spiro atoms. The summed E-state index contributed by atoms with van der Waals surface area (Å²) in [5.74, 6) is 1.66. The van der Waals surface area contributed by atoms with Crippen molar-refractivity contribution in [2.75, 3.05) is 0 Å². The molecule has 0 saturated heterocycles. The predicted molar refractivity (Wildman–Crippen MR) is 99.2 cm³/mol. The molecule has 0 N–H and O–H groups in total. The molecule has 3 rings (SSSR count). The van der Waals surface area contributed by atoms with Gasteiger partial charge in [-0.25, -0.2) is 0 Å². The molecule has 1 aliphatic rings. The van der Waals surface area contributed by atoms with E-state index in [-0.39, 0.29) is 0 Å². The molecule has 0 atom stereocenters. The zero-order valence-electron chi connectivity index (χ0n) is 13.1. The maximum Gasteiger partial charge on any atom is 0.345 e. The van der Waals surface area contributed by atoms with Crippen LogP contribution in [0.25, 0.3) is 0 Å². The summed E-state index contributed by atoms with van der Waals surface area (Å²) in [4.78, 5) is 0. The van der Waals surface area contributed by atoms with E-state index in [2.05, 4.69) is 50.4 Å². The van der Waals surface area contributed by atoms with Crippen LogP contribution in [0.3, 0.4) is 0 Å². The van der Waals surface area contributed by atoms with E-state index in [4.69, 9.17) is 20.9 Å². The Morgan fingerprint density at radius 2 is 1.27 bits per heavy atom. The first kappa shape index (κ1) is 15.9. The van der Waals surface area contributed by atoms with Crippen LogP contribution in [0.4, 0.5) is 0 Å². The topological polar surface area (TPSA) is 18.5 Å². The molecule has 0 bridgehead atoms. The zero-order valence-corrected chi connectivity index (χ0v) is 15.7. The first-order chi connectivity index (χ1) is 10.2. The highest BCUT2D eigenvalue weighted by molar-refractivity contribution is 8.60. The summed E-state index contributed by atoms with van der Waals surface area (Å²) in [5, 5.41) is 0. The number of benzene rings is 2. The Morgan fingerprint density at radius 3 is 1.68 bits per heavy atom. The molecule has 22 heavy (non-hydrogen) atoms. The van der Waals surface area contributed by atoms with Crippen LogP contribution < -0.4 is 9.05 Å². The SMILES string of the molecule is Cc1cc(C)c2c(c1)Cc1cc(C)cc(C)c1OP(=S)(S)O2. The molecule has 1 aliphatic heterocycles. The minimum atomic E-state index is -2.68. The molecule has 2 nitrogen and oxygen atoms in total. The molecule has 0 fully saturated rings. The van der Waals surface area contributed by atoms with Crippen molar-refractivity contribution in [3.05, 3.63) is 57.6 Å². The summed E-state index contributed by atoms with van der Waals surface area (Å²) in [6.07, 6.45) is 0.777. The van der Waals surface area contributed by atoms with Crippen molar-refractivity contribution < 1.29 is 9.05 Å². The van der Waals surface area contributed by atoms with Gasteiger partial charge in [0.05, 0.1) is 0 Å². The summed E-state index contributed by atoms with van der Waals surface area (Å²) in [6.45, 7) is 8.28. The lowest BCUT2D eigenvalue weighted by atomic mass is 9.96. The van der Waals surface area contributed by atoms with E-state index in [1.54, 1.807) is 0 Å². The molecule has 0 saturated carbocycles. The second-order valence-corrected chi connectivity index (χ2v) is 11.1. The third kappa shape index (κ3) is 3.05. The highest BCUT2D eigenvalue weighted by Gasteiger charge is 2.26. The summed E-state index contributed by atoms with van der Waals surface area (Å²) >= 11 is 10.0. The molecule has 1 heterocycles. The molecule has 0 radical (unpaired) electrons. The number of hydrogen-bond donors (Lipinski definition) is 1. The van der Waals surface area contributed by atoms with Crippen molar-refractivity contribution in [3.63, 3.8) is 0 Å². The molecule has 0 amide bonds. The lowest BCUT2D eigenvalue weighted by Crippen LogP contribution is -2.07. The van der Waals surface area contributed by atoms with E-state index in [1.807, 2.05) is 13.8 Å². The van der Waals surface area contributed by atoms with Gasteiger partial charge in [-0.1, -0.05) is 47.6 Å². The van der Waals surface area contributed by atoms with Crippen molar-refractivity contribution in [1.82, 2.24) is 0 Å². The number of thiol groups is 1. The van der Waals surface area contributed by atoms with Gasteiger partial charge in [-0.15, -0.1) is 0 Å². The van der Waals surface area contributed by atoms with Crippen LogP contribution in [0.2, 0.25) is 0 Å². The molecule has 116 valence electrons. The largest absolute Gasteiger partial charge is 0.428 e. The molecule has 2 aromatic carbocycles. The van der Waals surface area contributed by atoms with E-state index in [9.17, 15) is 0 Å². The second kappa shape index (κ2) is 5.59. The van der Waals surface area contributed by atoms with Crippen LogP contribution in [0.1, 0.15) is 33.4 Å². The predicted octanol–water partition coefficient (Wildman–Crippen LogP) is 5.44. The second-order valence-electron chi connectivity index (χ2n) is 5.97. The van der Waals surface area contributed by atoms with Gasteiger partial charge in [0, 0.05) is 6.42 Å². The molecule has 2 aromatic rings. The molecular weight excluding hydrogens is 331 g/mol. The van der Waals surface area contributed by atoms with E-state index in [0.717, 1.165) is 40.2 Å². The minimum Gasteiger partial charge on any atom is -0.428 e. The normalized spacial score (nSPS) is 15.7. The monoisotopic (exact) mass is 350 g/mol. The van der Waals surface area contributed by atoms with Crippen LogP contribution in [-0.2, 0) is 18.2 Å². The third-order valence-corrected chi connectivity index (χ3v) is 5.55. The van der Waals surface area contributed by atoms with Crippen LogP contribution in [-0.4, -0.2) is 0 Å². The fraction of sp³-hybridized carbons (Fsp3) is 0.294. The molecule has 5 heteroatoms. The molecule has 0 aliphatic carbocycles. The summed E-state index contributed by atoms with van der Waals surface area (Å²) in [6, 6.07) is 8.54. The third-order valence-electron chi connectivity index (χ3n) is 3.79. The van der Waals surface area contributed by atoms with Crippen molar-refractivity contribution >= 4 is 29.7 Å². The molecular formula is C17H19O2PS2. The van der Waals surface area contributed by atoms with Crippen LogP contribution >= 0.6 is 17.9 Å². The summed E-state index contributed by atoms with van der Waals surface area (Å²) in [7, 11) is 0. The standard InChI is InChI=1S/C17H19O2PS2/c1-10-5-12(3)16-14(7-10)9-15-8-11(2)6-13(4)17(15)19-20(21,22)18-16/h5-8H,9H2,1-4H3,(H,21,22). The number of hydrogen-bond acceptors (Lipinski definition) is 3. The highest BCUT2D eigenvalue weighted by Crippen LogP contribution is 2.57. The van der Waals surface area contributed by atoms with Crippen LogP contribution in [0.15, 0.2) is 24.3 Å². The quantitative estimate of drug-likeness (QED) is 0.504. The van der Waals surface area contributed by atoms with Crippen molar-refractivity contribution in [1.29, 1.82) is 0 Å². The van der Waals surface area contributed by atoms with Gasteiger partial charge in [0.15, 0.2) is 0 Å². The Hall–Kier alpha value is -0.960. The van der Waals surface area contributed by atoms with Crippen LogP contribution in [0, 0.1) is 27.7 Å². The van der Waals surface area contributed by atoms with E-state index >= 15 is 0 Å². The Morgan fingerprint density at radius 1 is 0.864 bits per heavy atom. The first-order valence-electron chi connectivity index (χ1n) is 7.17. The fourth-order valence-electron chi connectivity index (χ4n) is 3.06. The highest BCUT2D eigenvalue weighted by atomic mass is 32.9. The van der Waals surface area contributed by atoms with E-state index in [0.29, 0.717) is 0 Å². The van der Waals surface area contributed by atoms with Crippen molar-refractivity contribution in [2.45, 2.75) is 34.1 Å². The Labute approximate surface area is 142 Å². The van der Waals surface area contributed by atoms with E-state index in [1.165, 1.54) is 11.1 Å². The maximum atomic E-state index is 6.02. The Bertz CT molecular complexity index is 751. The molecule has 0 aromatic heterocycles. The van der Waals surface area contributed by atoms with Gasteiger partial charge in [0.25, 0.3) is 0 Å². The Balaban J connectivity index is 2.26. The number of rotatable bonds is 0. The lowest BCUT2D eigenvalue weighted by Gasteiger charge is -2.27. The zero-order chi connectivity index (χ0) is 16.1. The average Bonchev–Trinajstić information content (AvgIpc) is 2.36. The van der Waals surface area contributed by atoms with E-state index < -0.39 is 5.69 Å². The van der Waals surface area contributed by atoms with Gasteiger partial charge in [-0.2, -0.15) is 0 Å². The van der Waals surface area contributed by atoms with Gasteiger partial charge in [0.1, 0.15) is 11.5 Å². The summed E-state index contributed by atoms with van der Waals surface area (Å²) < 4.78 is 12.0. The Kier molecular flexibility index (Phi) is 4.05. The average molecular weight is 350 g/mol. The van der Waals surface area contributed by atoms with Crippen LogP contribution in [0.5, 0.6) is 11.5 Å². The van der Waals surface area contributed by atoms with Gasteiger partial charge in [0.2, 0.25) is 0 Å². The van der Waals surface area contributed by atoms with Gasteiger partial charge in [-0.3, -0.25) is 0 Å². The van der Waals surface area contributed by atoms with Gasteiger partial charge >= 0.3 is 5.69 Å². The number of aryl methyl sites for hydroxylation is 4. The lowest BCUT2D eigenvalue weighted by molar-refractivity contribution is 0.489. The molecule has 0 unspecified atom stereocenters. The smallest absolute Gasteiger partial charge is 0.345 e. The van der Waals surface area contributed by atoms with Crippen molar-refractivity contribution in [2.24, 2.45) is 0 Å². The van der Waals surface area contributed by atoms with Gasteiger partial charge < -0.3 is 9.05 Å². The minimum absolute atomic E-state index is 0.777. The number of fused-ring (bicyclic) bond motifs is 2. The fourth-order valence-corrected chi connectivity index (χ4v) is 5.02. The first-order valence-corrected chi connectivity index (χ1v) is 11.0. The van der Waals surface area contributed by atoms with Gasteiger partial charge in [-0.05, 0) is 61.8 Å². The van der Waals surface area contributed by atoms with Crippen molar-refractivity contribution in [3.8, 4) is 11.5 Å².